The predicted octanol–water partition coefficient (Wildman–Crippen LogP) is 4.81. The maximum Gasteiger partial charge on any atom is 0.240 e. The molecule has 0 amide bonds. The average molecular weight is 427 g/mol. The third kappa shape index (κ3) is 4.47. The summed E-state index contributed by atoms with van der Waals surface area (Å²) in [5.41, 5.74) is 3.57. The highest BCUT2D eigenvalue weighted by molar-refractivity contribution is 7.89. The van der Waals surface area contributed by atoms with Crippen LogP contribution in [0.2, 0.25) is 5.02 Å². The highest BCUT2D eigenvalue weighted by Gasteiger charge is 2.27. The van der Waals surface area contributed by atoms with Crippen molar-refractivity contribution in [2.75, 3.05) is 18.0 Å². The fourth-order valence-corrected chi connectivity index (χ4v) is 5.02. The number of sulfonamides is 1. The maximum absolute atomic E-state index is 12.8. The molecule has 0 unspecified atom stereocenters. The summed E-state index contributed by atoms with van der Waals surface area (Å²) in [5.74, 6) is 0. The zero-order valence-corrected chi connectivity index (χ0v) is 17.5. The first-order chi connectivity index (χ1) is 14.0. The summed E-state index contributed by atoms with van der Waals surface area (Å²) < 4.78 is 28.5. The van der Waals surface area contributed by atoms with E-state index in [1.807, 2.05) is 24.3 Å². The quantitative estimate of drug-likeness (QED) is 0.615. The minimum Gasteiger partial charge on any atom is -0.363 e. The van der Waals surface area contributed by atoms with Gasteiger partial charge < -0.3 is 4.90 Å². The second-order valence-electron chi connectivity index (χ2n) is 7.16. The number of hydrogen-bond acceptors (Lipinski definition) is 3. The van der Waals surface area contributed by atoms with Gasteiger partial charge in [-0.2, -0.15) is 0 Å². The van der Waals surface area contributed by atoms with Crippen molar-refractivity contribution >= 4 is 27.3 Å². The molecule has 4 nitrogen and oxygen atoms in total. The number of nitrogens with zero attached hydrogens (tertiary/aromatic N) is 1. The molecule has 1 N–H and O–H groups in total. The van der Waals surface area contributed by atoms with E-state index < -0.39 is 10.0 Å². The molecule has 1 aliphatic heterocycles. The summed E-state index contributed by atoms with van der Waals surface area (Å²) in [7, 11) is -3.63. The lowest BCUT2D eigenvalue weighted by Crippen LogP contribution is -2.40. The number of rotatable bonds is 6. The van der Waals surface area contributed by atoms with Gasteiger partial charge in [0.15, 0.2) is 0 Å². The molecule has 0 aromatic heterocycles. The second kappa shape index (κ2) is 8.57. The lowest BCUT2D eigenvalue weighted by atomic mass is 9.97. The van der Waals surface area contributed by atoms with Gasteiger partial charge in [0.1, 0.15) is 0 Å². The van der Waals surface area contributed by atoms with Crippen LogP contribution in [0.1, 0.15) is 23.6 Å². The van der Waals surface area contributed by atoms with Gasteiger partial charge >= 0.3 is 0 Å². The van der Waals surface area contributed by atoms with Crippen molar-refractivity contribution < 1.29 is 8.42 Å². The van der Waals surface area contributed by atoms with E-state index in [4.69, 9.17) is 11.6 Å². The van der Waals surface area contributed by atoms with Gasteiger partial charge in [-0.3, -0.25) is 0 Å². The third-order valence-electron chi connectivity index (χ3n) is 5.30. The number of fused-ring (bicyclic) bond motifs is 1. The third-order valence-corrected chi connectivity index (χ3v) is 6.99. The van der Waals surface area contributed by atoms with Crippen molar-refractivity contribution in [2.24, 2.45) is 0 Å². The van der Waals surface area contributed by atoms with Crippen LogP contribution in [-0.2, 0) is 16.4 Å². The van der Waals surface area contributed by atoms with Crippen molar-refractivity contribution in [3.05, 3.63) is 95.0 Å². The van der Waals surface area contributed by atoms with Crippen LogP contribution in [-0.4, -0.2) is 21.5 Å². The van der Waals surface area contributed by atoms with E-state index in [1.165, 1.54) is 23.4 Å². The Morgan fingerprint density at radius 2 is 1.62 bits per heavy atom. The summed E-state index contributed by atoms with van der Waals surface area (Å²) in [6.07, 6.45) is 2.09. The molecule has 0 spiro atoms. The Labute approximate surface area is 177 Å². The molecule has 1 aliphatic rings. The lowest BCUT2D eigenvalue weighted by molar-refractivity contribution is 0.546. The molecular weight excluding hydrogens is 404 g/mol. The number of benzene rings is 3. The van der Waals surface area contributed by atoms with E-state index in [0.29, 0.717) is 5.02 Å². The maximum atomic E-state index is 12.8. The normalized spacial score (nSPS) is 15.0. The highest BCUT2D eigenvalue weighted by atomic mass is 35.5. The van der Waals surface area contributed by atoms with Crippen LogP contribution in [0.5, 0.6) is 0 Å². The SMILES string of the molecule is O=S(=O)(NC[C@@H](c1ccccc1)N1CCCc2ccccc21)c1ccc(Cl)cc1. The summed E-state index contributed by atoms with van der Waals surface area (Å²) >= 11 is 5.90. The Hall–Kier alpha value is -2.34. The average Bonchev–Trinajstić information content (AvgIpc) is 2.75. The standard InChI is InChI=1S/C23H23ClN2O2S/c24-20-12-14-21(15-13-20)29(27,28)25-17-23(19-7-2-1-3-8-19)26-16-6-10-18-9-4-5-11-22(18)26/h1-5,7-9,11-15,23,25H,6,10,16-17H2/t23-/m0/s1. The van der Waals surface area contributed by atoms with Gasteiger partial charge in [0.05, 0.1) is 10.9 Å². The molecule has 6 heteroatoms. The number of hydrogen-bond donors (Lipinski definition) is 1. The summed E-state index contributed by atoms with van der Waals surface area (Å²) in [6, 6.07) is 24.6. The summed E-state index contributed by atoms with van der Waals surface area (Å²) in [4.78, 5) is 2.53. The first-order valence-corrected chi connectivity index (χ1v) is 11.6. The smallest absolute Gasteiger partial charge is 0.240 e. The molecule has 4 rings (SSSR count). The molecular formula is C23H23ClN2O2S. The number of halogens is 1. The van der Waals surface area contributed by atoms with Crippen LogP contribution in [0.4, 0.5) is 5.69 Å². The van der Waals surface area contributed by atoms with E-state index in [-0.39, 0.29) is 17.5 Å². The van der Waals surface area contributed by atoms with Crippen LogP contribution in [0.15, 0.2) is 83.8 Å². The van der Waals surface area contributed by atoms with Crippen LogP contribution < -0.4 is 9.62 Å². The van der Waals surface area contributed by atoms with Gasteiger partial charge in [0.25, 0.3) is 0 Å². The van der Waals surface area contributed by atoms with Gasteiger partial charge in [-0.15, -0.1) is 0 Å². The van der Waals surface area contributed by atoms with Crippen LogP contribution >= 0.6 is 11.6 Å². The first-order valence-electron chi connectivity index (χ1n) is 9.69. The van der Waals surface area contributed by atoms with Crippen molar-refractivity contribution in [1.29, 1.82) is 0 Å². The molecule has 1 heterocycles. The number of aryl methyl sites for hydroxylation is 1. The van der Waals surface area contributed by atoms with Crippen molar-refractivity contribution in [3.63, 3.8) is 0 Å². The summed E-state index contributed by atoms with van der Waals surface area (Å²) in [5, 5.41) is 0.510. The molecule has 0 saturated heterocycles. The van der Waals surface area contributed by atoms with Crippen molar-refractivity contribution in [2.45, 2.75) is 23.8 Å². The molecule has 29 heavy (non-hydrogen) atoms. The number of para-hydroxylation sites is 1. The van der Waals surface area contributed by atoms with Crippen LogP contribution in [0.3, 0.4) is 0 Å². The summed E-state index contributed by atoms with van der Waals surface area (Å²) in [6.45, 7) is 1.17. The fourth-order valence-electron chi connectivity index (χ4n) is 3.86. The molecule has 0 bridgehead atoms. The zero-order chi connectivity index (χ0) is 20.3. The van der Waals surface area contributed by atoms with Gasteiger partial charge in [0.2, 0.25) is 10.0 Å². The molecule has 0 fully saturated rings. The lowest BCUT2D eigenvalue weighted by Gasteiger charge is -2.38. The topological polar surface area (TPSA) is 49.4 Å². The Morgan fingerprint density at radius 3 is 2.38 bits per heavy atom. The molecule has 0 saturated carbocycles. The molecule has 0 aliphatic carbocycles. The van der Waals surface area contributed by atoms with Gasteiger partial charge in [-0.1, -0.05) is 60.1 Å². The molecule has 3 aromatic carbocycles. The van der Waals surface area contributed by atoms with Crippen molar-refractivity contribution in [1.82, 2.24) is 4.72 Å². The van der Waals surface area contributed by atoms with E-state index >= 15 is 0 Å². The molecule has 1 atom stereocenters. The van der Waals surface area contributed by atoms with E-state index in [9.17, 15) is 8.42 Å². The Morgan fingerprint density at radius 1 is 0.931 bits per heavy atom. The second-order valence-corrected chi connectivity index (χ2v) is 9.36. The monoisotopic (exact) mass is 426 g/mol. The van der Waals surface area contributed by atoms with Gasteiger partial charge in [-0.05, 0) is 54.3 Å². The Bertz CT molecular complexity index is 1070. The van der Waals surface area contributed by atoms with E-state index in [0.717, 1.165) is 24.9 Å². The number of anilines is 1. The number of nitrogens with one attached hydrogen (secondary N) is 1. The van der Waals surface area contributed by atoms with E-state index in [1.54, 1.807) is 12.1 Å². The van der Waals surface area contributed by atoms with Crippen molar-refractivity contribution in [3.8, 4) is 0 Å². The first kappa shape index (κ1) is 20.0. The zero-order valence-electron chi connectivity index (χ0n) is 16.0. The molecule has 0 radical (unpaired) electrons. The largest absolute Gasteiger partial charge is 0.363 e. The Kier molecular flexibility index (Phi) is 5.90. The van der Waals surface area contributed by atoms with Gasteiger partial charge in [-0.25, -0.2) is 13.1 Å². The predicted molar refractivity (Wildman–Crippen MR) is 118 cm³/mol. The molecule has 150 valence electrons. The van der Waals surface area contributed by atoms with Crippen LogP contribution in [0.25, 0.3) is 0 Å². The van der Waals surface area contributed by atoms with E-state index in [2.05, 4.69) is 40.0 Å². The van der Waals surface area contributed by atoms with Crippen LogP contribution in [0, 0.1) is 0 Å². The Balaban J connectivity index is 1.64. The van der Waals surface area contributed by atoms with Gasteiger partial charge in [0, 0.05) is 23.8 Å². The minimum absolute atomic E-state index is 0.0975. The molecule has 3 aromatic rings. The highest BCUT2D eigenvalue weighted by Crippen LogP contribution is 2.34. The fraction of sp³-hybridized carbons (Fsp3) is 0.217. The minimum atomic E-state index is -3.63.